The number of esters is 1. The molecule has 2 aromatic heterocycles. The molecule has 1 N–H and O–H groups in total. The average molecular weight is 370 g/mol. The molecule has 2 aromatic rings. The maximum absolute atomic E-state index is 11.8. The number of halogens is 1. The zero-order valence-electron chi connectivity index (χ0n) is 13.2. The molecule has 0 radical (unpaired) electrons. The molecule has 24 heavy (non-hydrogen) atoms. The third-order valence-electron chi connectivity index (χ3n) is 3.04. The Kier molecular flexibility index (Phi) is 6.10. The van der Waals surface area contributed by atoms with Gasteiger partial charge in [0.05, 0.1) is 21.3 Å². The quantitative estimate of drug-likeness (QED) is 0.598. The summed E-state index contributed by atoms with van der Waals surface area (Å²) in [6.45, 7) is 1.38. The molecule has 128 valence electrons. The van der Waals surface area contributed by atoms with Gasteiger partial charge in [0.25, 0.3) is 5.91 Å². The van der Waals surface area contributed by atoms with E-state index in [1.54, 1.807) is 32.2 Å². The standard InChI is InChI=1S/C15H16ClN3O4S/c1-9-7-13(19(2)18-9)17-14(21)8-23-15(22)6-3-10(20)11-4-5-12(16)24-11/h4-5,7H,3,6,8H2,1-2H3,(H,17,21). The predicted octanol–water partition coefficient (Wildman–Crippen LogP) is 2.59. The van der Waals surface area contributed by atoms with Crippen LogP contribution in [-0.4, -0.2) is 34.0 Å². The van der Waals surface area contributed by atoms with Crippen LogP contribution in [-0.2, 0) is 21.4 Å². The number of aromatic nitrogens is 2. The number of amides is 1. The van der Waals surface area contributed by atoms with Crippen LogP contribution in [0, 0.1) is 6.92 Å². The number of thiophene rings is 1. The van der Waals surface area contributed by atoms with Crippen molar-refractivity contribution >= 4 is 46.4 Å². The van der Waals surface area contributed by atoms with Crippen LogP contribution < -0.4 is 5.32 Å². The normalized spacial score (nSPS) is 10.5. The second-order valence-corrected chi connectivity index (χ2v) is 6.75. The first-order valence-corrected chi connectivity index (χ1v) is 8.29. The Labute approximate surface area is 147 Å². The van der Waals surface area contributed by atoms with Crippen molar-refractivity contribution in [3.63, 3.8) is 0 Å². The molecule has 0 aromatic carbocycles. The topological polar surface area (TPSA) is 90.3 Å². The molecule has 0 saturated heterocycles. The Balaban J connectivity index is 1.71. The monoisotopic (exact) mass is 369 g/mol. The van der Waals surface area contributed by atoms with Crippen molar-refractivity contribution in [2.45, 2.75) is 19.8 Å². The van der Waals surface area contributed by atoms with Crippen molar-refractivity contribution < 1.29 is 19.1 Å². The molecule has 0 atom stereocenters. The number of nitrogens with zero attached hydrogens (tertiary/aromatic N) is 2. The summed E-state index contributed by atoms with van der Waals surface area (Å²) in [5.41, 5.74) is 0.761. The van der Waals surface area contributed by atoms with Gasteiger partial charge in [0.15, 0.2) is 12.4 Å². The summed E-state index contributed by atoms with van der Waals surface area (Å²) >= 11 is 6.92. The number of carbonyl (C=O) groups is 3. The van der Waals surface area contributed by atoms with Gasteiger partial charge in [0.1, 0.15) is 5.82 Å². The van der Waals surface area contributed by atoms with Crippen LogP contribution in [0.1, 0.15) is 28.2 Å². The molecule has 0 aliphatic heterocycles. The molecular formula is C15H16ClN3O4S. The molecule has 9 heteroatoms. The van der Waals surface area contributed by atoms with E-state index in [1.165, 1.54) is 4.68 Å². The largest absolute Gasteiger partial charge is 0.456 e. The summed E-state index contributed by atoms with van der Waals surface area (Å²) in [4.78, 5) is 35.7. The third kappa shape index (κ3) is 5.17. The SMILES string of the molecule is Cc1cc(NC(=O)COC(=O)CCC(=O)c2ccc(Cl)s2)n(C)n1. The minimum atomic E-state index is -0.609. The maximum atomic E-state index is 11.8. The van der Waals surface area contributed by atoms with Crippen LogP contribution in [0.25, 0.3) is 0 Å². The Morgan fingerprint density at radius 2 is 2.08 bits per heavy atom. The fourth-order valence-corrected chi connectivity index (χ4v) is 2.94. The van der Waals surface area contributed by atoms with Crippen LogP contribution in [0.3, 0.4) is 0 Å². The van der Waals surface area contributed by atoms with Crippen molar-refractivity contribution in [2.75, 3.05) is 11.9 Å². The van der Waals surface area contributed by atoms with E-state index in [4.69, 9.17) is 16.3 Å². The molecule has 0 saturated carbocycles. The third-order valence-corrected chi connectivity index (χ3v) is 4.31. The highest BCUT2D eigenvalue weighted by Crippen LogP contribution is 2.22. The second-order valence-electron chi connectivity index (χ2n) is 5.03. The molecule has 0 aliphatic carbocycles. The lowest BCUT2D eigenvalue weighted by Crippen LogP contribution is -2.22. The van der Waals surface area contributed by atoms with Gasteiger partial charge in [0.2, 0.25) is 0 Å². The number of ketones is 1. The van der Waals surface area contributed by atoms with Gasteiger partial charge in [-0.1, -0.05) is 11.6 Å². The Hall–Kier alpha value is -2.19. The highest BCUT2D eigenvalue weighted by molar-refractivity contribution is 7.18. The average Bonchev–Trinajstić information content (AvgIpc) is 3.08. The second kappa shape index (κ2) is 8.07. The predicted molar refractivity (Wildman–Crippen MR) is 90.4 cm³/mol. The van der Waals surface area contributed by atoms with Gasteiger partial charge in [-0.2, -0.15) is 5.10 Å². The summed E-state index contributed by atoms with van der Waals surface area (Å²) in [7, 11) is 1.69. The highest BCUT2D eigenvalue weighted by atomic mass is 35.5. The Bertz CT molecular complexity index is 769. The molecule has 0 fully saturated rings. The van der Waals surface area contributed by atoms with Gasteiger partial charge in [-0.25, -0.2) is 0 Å². The lowest BCUT2D eigenvalue weighted by molar-refractivity contribution is -0.147. The van der Waals surface area contributed by atoms with Crippen LogP contribution in [0.15, 0.2) is 18.2 Å². The van der Waals surface area contributed by atoms with Crippen molar-refractivity contribution in [3.05, 3.63) is 33.1 Å². The Morgan fingerprint density at radius 3 is 2.67 bits per heavy atom. The first-order chi connectivity index (χ1) is 11.3. The van der Waals surface area contributed by atoms with E-state index in [1.807, 2.05) is 0 Å². The number of hydrogen-bond acceptors (Lipinski definition) is 6. The van der Waals surface area contributed by atoms with Gasteiger partial charge in [0, 0.05) is 19.5 Å². The van der Waals surface area contributed by atoms with Gasteiger partial charge < -0.3 is 10.1 Å². The number of nitrogens with one attached hydrogen (secondary N) is 1. The van der Waals surface area contributed by atoms with Crippen LogP contribution in [0.2, 0.25) is 4.34 Å². The number of rotatable bonds is 7. The number of Topliss-reactive ketones (excluding diaryl/α,β-unsaturated/α-hetero) is 1. The molecule has 0 aliphatic rings. The molecule has 2 rings (SSSR count). The lowest BCUT2D eigenvalue weighted by Gasteiger charge is -2.06. The van der Waals surface area contributed by atoms with Crippen LogP contribution in [0.4, 0.5) is 5.82 Å². The Morgan fingerprint density at radius 1 is 1.33 bits per heavy atom. The first kappa shape index (κ1) is 18.2. The number of carbonyl (C=O) groups excluding carboxylic acids is 3. The molecule has 2 heterocycles. The summed E-state index contributed by atoms with van der Waals surface area (Å²) in [6, 6.07) is 4.94. The van der Waals surface area contributed by atoms with E-state index >= 15 is 0 Å². The van der Waals surface area contributed by atoms with E-state index in [0.717, 1.165) is 17.0 Å². The number of anilines is 1. The fourth-order valence-electron chi connectivity index (χ4n) is 1.93. The van der Waals surface area contributed by atoms with E-state index < -0.39 is 18.5 Å². The fraction of sp³-hybridized carbons (Fsp3) is 0.333. The van der Waals surface area contributed by atoms with Crippen molar-refractivity contribution in [1.82, 2.24) is 9.78 Å². The minimum Gasteiger partial charge on any atom is -0.456 e. The van der Waals surface area contributed by atoms with Gasteiger partial charge in [-0.15, -0.1) is 11.3 Å². The van der Waals surface area contributed by atoms with E-state index in [9.17, 15) is 14.4 Å². The van der Waals surface area contributed by atoms with Gasteiger partial charge >= 0.3 is 5.97 Å². The maximum Gasteiger partial charge on any atom is 0.306 e. The van der Waals surface area contributed by atoms with E-state index in [-0.39, 0.29) is 18.6 Å². The molecule has 1 amide bonds. The van der Waals surface area contributed by atoms with E-state index in [0.29, 0.717) is 15.0 Å². The van der Waals surface area contributed by atoms with Gasteiger partial charge in [-0.05, 0) is 19.1 Å². The number of hydrogen-bond donors (Lipinski definition) is 1. The zero-order valence-corrected chi connectivity index (χ0v) is 14.7. The van der Waals surface area contributed by atoms with Crippen LogP contribution >= 0.6 is 22.9 Å². The molecule has 7 nitrogen and oxygen atoms in total. The highest BCUT2D eigenvalue weighted by Gasteiger charge is 2.14. The minimum absolute atomic E-state index is 0.0121. The zero-order chi connectivity index (χ0) is 17.7. The molecule has 0 bridgehead atoms. The van der Waals surface area contributed by atoms with Crippen molar-refractivity contribution in [2.24, 2.45) is 7.05 Å². The first-order valence-electron chi connectivity index (χ1n) is 7.10. The summed E-state index contributed by atoms with van der Waals surface area (Å²) in [6.07, 6.45) is -0.0787. The van der Waals surface area contributed by atoms with Crippen LogP contribution in [0.5, 0.6) is 0 Å². The van der Waals surface area contributed by atoms with Crippen molar-refractivity contribution in [3.8, 4) is 0 Å². The molecule has 0 unspecified atom stereocenters. The van der Waals surface area contributed by atoms with Gasteiger partial charge in [-0.3, -0.25) is 19.1 Å². The molecular weight excluding hydrogens is 354 g/mol. The lowest BCUT2D eigenvalue weighted by atomic mass is 10.2. The van der Waals surface area contributed by atoms with E-state index in [2.05, 4.69) is 10.4 Å². The van der Waals surface area contributed by atoms with Crippen molar-refractivity contribution in [1.29, 1.82) is 0 Å². The smallest absolute Gasteiger partial charge is 0.306 e. The molecule has 0 spiro atoms. The number of aryl methyl sites for hydroxylation is 2. The number of ether oxygens (including phenoxy) is 1. The summed E-state index contributed by atoms with van der Waals surface area (Å²) < 4.78 is 6.89. The summed E-state index contributed by atoms with van der Waals surface area (Å²) in [5, 5.41) is 6.67. The summed E-state index contributed by atoms with van der Waals surface area (Å²) in [5.74, 6) is -0.748.